The Bertz CT molecular complexity index is 387. The maximum absolute atomic E-state index is 13.0. The lowest BCUT2D eigenvalue weighted by Gasteiger charge is -2.16. The number of rotatable bonds is 5. The number of ether oxygens (including phenoxy) is 1. The summed E-state index contributed by atoms with van der Waals surface area (Å²) in [6.07, 6.45) is 0. The summed E-state index contributed by atoms with van der Waals surface area (Å²) in [5.74, 6) is 0.0652. The summed E-state index contributed by atoms with van der Waals surface area (Å²) < 4.78 is 18.2. The molecule has 3 nitrogen and oxygen atoms in total. The van der Waals surface area contributed by atoms with Crippen molar-refractivity contribution in [2.45, 2.75) is 19.9 Å². The molecule has 4 heteroatoms. The quantitative estimate of drug-likeness (QED) is 0.832. The Morgan fingerprint density at radius 2 is 2.31 bits per heavy atom. The minimum Gasteiger partial charge on any atom is -0.478 e. The molecule has 1 aromatic carbocycles. The Kier molecular flexibility index (Phi) is 4.74. The number of halogens is 1. The Morgan fingerprint density at radius 3 is 2.94 bits per heavy atom. The monoisotopic (exact) mass is 222 g/mol. The fourth-order valence-corrected chi connectivity index (χ4v) is 1.52. The summed E-state index contributed by atoms with van der Waals surface area (Å²) in [7, 11) is 0. The van der Waals surface area contributed by atoms with Crippen molar-refractivity contribution in [3.63, 3.8) is 0 Å². The Hall–Kier alpha value is -1.60. The van der Waals surface area contributed by atoms with Crippen LogP contribution in [-0.4, -0.2) is 13.2 Å². The third-order valence-electron chi connectivity index (χ3n) is 2.24. The first-order valence-electron chi connectivity index (χ1n) is 5.21. The highest BCUT2D eigenvalue weighted by atomic mass is 19.1. The summed E-state index contributed by atoms with van der Waals surface area (Å²) in [6.45, 7) is 4.71. The molecule has 0 saturated carbocycles. The van der Waals surface area contributed by atoms with E-state index in [1.807, 2.05) is 19.9 Å². The van der Waals surface area contributed by atoms with E-state index >= 15 is 0 Å². The van der Waals surface area contributed by atoms with Crippen molar-refractivity contribution in [3.8, 4) is 11.8 Å². The Morgan fingerprint density at radius 1 is 1.56 bits per heavy atom. The van der Waals surface area contributed by atoms with E-state index in [9.17, 15) is 4.39 Å². The standard InChI is InChI=1S/C12H15FN2O/c1-3-15-9(2)11-5-4-10(13)8-12(11)16-7-6-14/h4-5,8-9,15H,3,7H2,1-2H3. The van der Waals surface area contributed by atoms with Crippen molar-refractivity contribution in [1.82, 2.24) is 5.32 Å². The third-order valence-corrected chi connectivity index (χ3v) is 2.24. The van der Waals surface area contributed by atoms with E-state index in [1.165, 1.54) is 12.1 Å². The first-order valence-corrected chi connectivity index (χ1v) is 5.21. The first kappa shape index (κ1) is 12.5. The zero-order valence-electron chi connectivity index (χ0n) is 9.46. The molecule has 1 unspecified atom stereocenters. The van der Waals surface area contributed by atoms with Crippen LogP contribution < -0.4 is 10.1 Å². The van der Waals surface area contributed by atoms with Gasteiger partial charge in [0.15, 0.2) is 6.61 Å². The molecule has 0 radical (unpaired) electrons. The van der Waals surface area contributed by atoms with Crippen LogP contribution in [0.5, 0.6) is 5.75 Å². The van der Waals surface area contributed by atoms with Crippen LogP contribution in [0.1, 0.15) is 25.5 Å². The highest BCUT2D eigenvalue weighted by Crippen LogP contribution is 2.25. The van der Waals surface area contributed by atoms with E-state index in [0.717, 1.165) is 12.1 Å². The smallest absolute Gasteiger partial charge is 0.174 e. The van der Waals surface area contributed by atoms with Crippen molar-refractivity contribution >= 4 is 0 Å². The minimum atomic E-state index is -0.361. The summed E-state index contributed by atoms with van der Waals surface area (Å²) in [5, 5.41) is 11.7. The summed E-state index contributed by atoms with van der Waals surface area (Å²) in [4.78, 5) is 0. The topological polar surface area (TPSA) is 45.0 Å². The summed E-state index contributed by atoms with van der Waals surface area (Å²) in [6, 6.07) is 6.31. The van der Waals surface area contributed by atoms with Crippen LogP contribution in [0.2, 0.25) is 0 Å². The van der Waals surface area contributed by atoms with Crippen molar-refractivity contribution in [1.29, 1.82) is 5.26 Å². The molecule has 0 aliphatic rings. The van der Waals surface area contributed by atoms with Crippen LogP contribution in [0.15, 0.2) is 18.2 Å². The van der Waals surface area contributed by atoms with Gasteiger partial charge in [-0.25, -0.2) is 4.39 Å². The molecule has 0 aromatic heterocycles. The molecule has 0 saturated heterocycles. The Balaban J connectivity index is 2.93. The largest absolute Gasteiger partial charge is 0.478 e. The van der Waals surface area contributed by atoms with Gasteiger partial charge in [0, 0.05) is 17.7 Å². The summed E-state index contributed by atoms with van der Waals surface area (Å²) in [5.41, 5.74) is 0.860. The Labute approximate surface area is 94.8 Å². The van der Waals surface area contributed by atoms with Crippen LogP contribution in [0.4, 0.5) is 4.39 Å². The maximum Gasteiger partial charge on any atom is 0.174 e. The van der Waals surface area contributed by atoms with Crippen molar-refractivity contribution in [2.75, 3.05) is 13.2 Å². The third kappa shape index (κ3) is 3.21. The molecule has 1 N–H and O–H groups in total. The van der Waals surface area contributed by atoms with Gasteiger partial charge in [-0.3, -0.25) is 0 Å². The van der Waals surface area contributed by atoms with E-state index in [2.05, 4.69) is 5.32 Å². The van der Waals surface area contributed by atoms with Gasteiger partial charge in [-0.1, -0.05) is 13.0 Å². The maximum atomic E-state index is 13.0. The van der Waals surface area contributed by atoms with Crippen molar-refractivity contribution in [2.24, 2.45) is 0 Å². The highest BCUT2D eigenvalue weighted by Gasteiger charge is 2.11. The van der Waals surface area contributed by atoms with Crippen molar-refractivity contribution < 1.29 is 9.13 Å². The van der Waals surface area contributed by atoms with E-state index in [-0.39, 0.29) is 18.5 Å². The van der Waals surface area contributed by atoms with Crippen LogP contribution >= 0.6 is 0 Å². The first-order chi connectivity index (χ1) is 7.69. The molecule has 0 spiro atoms. The van der Waals surface area contributed by atoms with Gasteiger partial charge in [-0.2, -0.15) is 5.26 Å². The second kappa shape index (κ2) is 6.09. The number of nitrogens with one attached hydrogen (secondary N) is 1. The average molecular weight is 222 g/mol. The molecule has 0 bridgehead atoms. The fraction of sp³-hybridized carbons (Fsp3) is 0.417. The zero-order chi connectivity index (χ0) is 12.0. The molecule has 1 rings (SSSR count). The SMILES string of the molecule is CCNC(C)c1ccc(F)cc1OCC#N. The number of hydrogen-bond donors (Lipinski definition) is 1. The van der Waals surface area contributed by atoms with E-state index in [4.69, 9.17) is 10.00 Å². The molecular formula is C12H15FN2O. The predicted molar refractivity (Wildman–Crippen MR) is 59.6 cm³/mol. The van der Waals surface area contributed by atoms with Gasteiger partial charge in [0.05, 0.1) is 0 Å². The lowest BCUT2D eigenvalue weighted by Crippen LogP contribution is -2.18. The molecule has 0 fully saturated rings. The van der Waals surface area contributed by atoms with Gasteiger partial charge in [0.1, 0.15) is 17.6 Å². The minimum absolute atomic E-state index is 0.0688. The highest BCUT2D eigenvalue weighted by molar-refractivity contribution is 5.36. The molecule has 1 atom stereocenters. The van der Waals surface area contributed by atoms with Gasteiger partial charge in [-0.05, 0) is 19.5 Å². The molecule has 0 amide bonds. The van der Waals surface area contributed by atoms with Crippen LogP contribution in [0, 0.1) is 17.1 Å². The van der Waals surface area contributed by atoms with Gasteiger partial charge in [0.2, 0.25) is 0 Å². The number of hydrogen-bond acceptors (Lipinski definition) is 3. The average Bonchev–Trinajstić information content (AvgIpc) is 2.26. The number of nitrogens with zero attached hydrogens (tertiary/aromatic N) is 1. The molecule has 0 aliphatic heterocycles. The summed E-state index contributed by atoms with van der Waals surface area (Å²) >= 11 is 0. The van der Waals surface area contributed by atoms with E-state index in [0.29, 0.717) is 5.75 Å². The molecule has 16 heavy (non-hydrogen) atoms. The molecule has 0 aliphatic carbocycles. The predicted octanol–water partition coefficient (Wildman–Crippen LogP) is 2.40. The van der Waals surface area contributed by atoms with Gasteiger partial charge >= 0.3 is 0 Å². The molecule has 1 aromatic rings. The van der Waals surface area contributed by atoms with Gasteiger partial charge in [-0.15, -0.1) is 0 Å². The second-order valence-corrected chi connectivity index (χ2v) is 3.41. The van der Waals surface area contributed by atoms with E-state index in [1.54, 1.807) is 6.07 Å². The molecule has 86 valence electrons. The normalized spacial score (nSPS) is 11.9. The molecule has 0 heterocycles. The fourth-order valence-electron chi connectivity index (χ4n) is 1.52. The zero-order valence-corrected chi connectivity index (χ0v) is 9.46. The number of benzene rings is 1. The second-order valence-electron chi connectivity index (χ2n) is 3.41. The van der Waals surface area contributed by atoms with Crippen LogP contribution in [-0.2, 0) is 0 Å². The van der Waals surface area contributed by atoms with Crippen LogP contribution in [0.3, 0.4) is 0 Å². The van der Waals surface area contributed by atoms with Crippen molar-refractivity contribution in [3.05, 3.63) is 29.6 Å². The lowest BCUT2D eigenvalue weighted by molar-refractivity contribution is 0.356. The van der Waals surface area contributed by atoms with Gasteiger partial charge < -0.3 is 10.1 Å². The lowest BCUT2D eigenvalue weighted by atomic mass is 10.1. The number of nitriles is 1. The molecular weight excluding hydrogens is 207 g/mol. The van der Waals surface area contributed by atoms with Crippen LogP contribution in [0.25, 0.3) is 0 Å². The van der Waals surface area contributed by atoms with Gasteiger partial charge in [0.25, 0.3) is 0 Å². The van der Waals surface area contributed by atoms with E-state index < -0.39 is 0 Å².